The van der Waals surface area contributed by atoms with E-state index in [4.69, 9.17) is 11.6 Å². The van der Waals surface area contributed by atoms with E-state index in [9.17, 15) is 14.4 Å². The summed E-state index contributed by atoms with van der Waals surface area (Å²) < 4.78 is 0.976. The van der Waals surface area contributed by atoms with Crippen LogP contribution in [0.25, 0.3) is 0 Å². The molecule has 1 amide bonds. The number of carbonyl (C=O) groups excluding carboxylic acids is 3. The van der Waals surface area contributed by atoms with Crippen LogP contribution in [0.4, 0.5) is 0 Å². The molecule has 2 aromatic carbocycles. The summed E-state index contributed by atoms with van der Waals surface area (Å²) in [6, 6.07) is 14.1. The molecule has 1 heterocycles. The van der Waals surface area contributed by atoms with Gasteiger partial charge in [0.25, 0.3) is 5.91 Å². The van der Waals surface area contributed by atoms with Crippen molar-refractivity contribution in [2.24, 2.45) is 5.92 Å². The van der Waals surface area contributed by atoms with Gasteiger partial charge in [0.05, 0.1) is 6.04 Å². The molecule has 0 bridgehead atoms. The van der Waals surface area contributed by atoms with E-state index in [-0.39, 0.29) is 5.78 Å². The average Bonchev–Trinajstić information content (AvgIpc) is 2.86. The molecule has 4 nitrogen and oxygen atoms in total. The van der Waals surface area contributed by atoms with Gasteiger partial charge < -0.3 is 4.90 Å². The predicted molar refractivity (Wildman–Crippen MR) is 103 cm³/mol. The van der Waals surface area contributed by atoms with E-state index >= 15 is 0 Å². The number of halogens is 2. The molecule has 1 aliphatic rings. The number of Topliss-reactive ketones (excluding diaryl/α,β-unsaturated/α-hetero) is 2. The Labute approximate surface area is 165 Å². The van der Waals surface area contributed by atoms with E-state index in [1.807, 2.05) is 24.3 Å². The maximum atomic E-state index is 12.5. The molecule has 0 radical (unpaired) electrons. The highest BCUT2D eigenvalue weighted by atomic mass is 79.9. The summed E-state index contributed by atoms with van der Waals surface area (Å²) in [6.07, 6.45) is 0.598. The summed E-state index contributed by atoms with van der Waals surface area (Å²) in [5.41, 5.74) is 1.79. The molecule has 1 saturated heterocycles. The number of ketones is 2. The molecule has 1 aliphatic heterocycles. The minimum Gasteiger partial charge on any atom is -0.328 e. The lowest BCUT2D eigenvalue weighted by Gasteiger charge is -2.27. The second-order valence-electron chi connectivity index (χ2n) is 6.32. The highest BCUT2D eigenvalue weighted by molar-refractivity contribution is 9.10. The van der Waals surface area contributed by atoms with Crippen molar-refractivity contribution in [3.05, 3.63) is 69.2 Å². The lowest BCUT2D eigenvalue weighted by Crippen LogP contribution is -2.32. The van der Waals surface area contributed by atoms with Crippen molar-refractivity contribution in [1.82, 2.24) is 4.90 Å². The molecular formula is C20H17BrClNO3. The summed E-state index contributed by atoms with van der Waals surface area (Å²) in [7, 11) is 0. The largest absolute Gasteiger partial charge is 0.328 e. The first-order chi connectivity index (χ1) is 12.4. The zero-order chi connectivity index (χ0) is 18.8. The van der Waals surface area contributed by atoms with Gasteiger partial charge in [0.15, 0.2) is 0 Å². The third-order valence-corrected chi connectivity index (χ3v) is 5.39. The first kappa shape index (κ1) is 18.8. The zero-order valence-corrected chi connectivity index (χ0v) is 16.5. The fourth-order valence-electron chi connectivity index (χ4n) is 3.30. The van der Waals surface area contributed by atoms with Crippen LogP contribution in [0.15, 0.2) is 53.0 Å². The monoisotopic (exact) mass is 433 g/mol. The molecule has 6 heteroatoms. The van der Waals surface area contributed by atoms with Gasteiger partial charge in [-0.1, -0.05) is 51.8 Å². The smallest absolute Gasteiger partial charge is 0.291 e. The molecule has 2 aromatic rings. The fraction of sp³-hybridized carbons (Fsp3) is 0.250. The van der Waals surface area contributed by atoms with Gasteiger partial charge in [0.1, 0.15) is 11.7 Å². The lowest BCUT2D eigenvalue weighted by atomic mass is 9.90. The first-order valence-corrected chi connectivity index (χ1v) is 9.40. The molecule has 0 saturated carbocycles. The topological polar surface area (TPSA) is 54.5 Å². The van der Waals surface area contributed by atoms with Crippen LogP contribution in [0.3, 0.4) is 0 Å². The Morgan fingerprint density at radius 1 is 1.08 bits per heavy atom. The Bertz CT molecular complexity index is 848. The van der Waals surface area contributed by atoms with Crippen molar-refractivity contribution in [2.75, 3.05) is 6.54 Å². The summed E-state index contributed by atoms with van der Waals surface area (Å²) in [5.74, 6) is -2.49. The molecule has 134 valence electrons. The van der Waals surface area contributed by atoms with Crippen molar-refractivity contribution in [3.8, 4) is 0 Å². The van der Waals surface area contributed by atoms with Crippen LogP contribution < -0.4 is 0 Å². The second-order valence-corrected chi connectivity index (χ2v) is 7.68. The first-order valence-electron chi connectivity index (χ1n) is 8.23. The summed E-state index contributed by atoms with van der Waals surface area (Å²) in [4.78, 5) is 38.5. The summed E-state index contributed by atoms with van der Waals surface area (Å²) in [5, 5.41) is 0.560. The number of hydrogen-bond acceptors (Lipinski definition) is 3. The summed E-state index contributed by atoms with van der Waals surface area (Å²) in [6.45, 7) is 1.72. The van der Waals surface area contributed by atoms with E-state index in [0.29, 0.717) is 18.0 Å². The van der Waals surface area contributed by atoms with Gasteiger partial charge in [-0.05, 0) is 48.7 Å². The molecule has 0 N–H and O–H groups in total. The molecule has 0 aromatic heterocycles. The Kier molecular flexibility index (Phi) is 5.58. The Morgan fingerprint density at radius 2 is 1.69 bits per heavy atom. The molecule has 3 rings (SSSR count). The van der Waals surface area contributed by atoms with Crippen molar-refractivity contribution in [1.29, 1.82) is 0 Å². The van der Waals surface area contributed by atoms with Crippen LogP contribution in [0, 0.1) is 5.92 Å². The molecule has 26 heavy (non-hydrogen) atoms. The Hall–Kier alpha value is -1.98. The SMILES string of the molecule is CC(=O)C1C(=O)C(=O)N(CCc2ccc(Br)cc2)C1c1ccc(Cl)cc1. The van der Waals surface area contributed by atoms with Crippen LogP contribution in [0.5, 0.6) is 0 Å². The minimum atomic E-state index is -0.964. The van der Waals surface area contributed by atoms with Crippen molar-refractivity contribution in [2.45, 2.75) is 19.4 Å². The van der Waals surface area contributed by atoms with Gasteiger partial charge in [-0.25, -0.2) is 0 Å². The van der Waals surface area contributed by atoms with E-state index in [1.165, 1.54) is 11.8 Å². The fourth-order valence-corrected chi connectivity index (χ4v) is 3.70. The third-order valence-electron chi connectivity index (χ3n) is 4.61. The Balaban J connectivity index is 1.90. The van der Waals surface area contributed by atoms with Crippen molar-refractivity contribution >= 4 is 45.0 Å². The van der Waals surface area contributed by atoms with Crippen molar-refractivity contribution < 1.29 is 14.4 Å². The number of nitrogens with zero attached hydrogens (tertiary/aromatic N) is 1. The second kappa shape index (κ2) is 7.72. The van der Waals surface area contributed by atoms with E-state index in [0.717, 1.165) is 15.6 Å². The lowest BCUT2D eigenvalue weighted by molar-refractivity contribution is -0.142. The zero-order valence-electron chi connectivity index (χ0n) is 14.1. The van der Waals surface area contributed by atoms with E-state index < -0.39 is 23.7 Å². The molecule has 0 aliphatic carbocycles. The van der Waals surface area contributed by atoms with Gasteiger partial charge in [-0.3, -0.25) is 14.4 Å². The van der Waals surface area contributed by atoms with Crippen LogP contribution in [-0.4, -0.2) is 28.9 Å². The standard InChI is InChI=1S/C20H17BrClNO3/c1-12(24)17-18(14-4-8-16(22)9-5-14)23(20(26)19(17)25)11-10-13-2-6-15(21)7-3-13/h2-9,17-18H,10-11H2,1H3. The maximum absolute atomic E-state index is 12.5. The van der Waals surface area contributed by atoms with Gasteiger partial charge in [-0.2, -0.15) is 0 Å². The van der Waals surface area contributed by atoms with Crippen LogP contribution in [0.1, 0.15) is 24.1 Å². The molecule has 1 fully saturated rings. The highest BCUT2D eigenvalue weighted by Crippen LogP contribution is 2.37. The minimum absolute atomic E-state index is 0.297. The van der Waals surface area contributed by atoms with Gasteiger partial charge in [-0.15, -0.1) is 0 Å². The number of benzene rings is 2. The molecule has 2 unspecified atom stereocenters. The normalized spacial score (nSPS) is 19.9. The van der Waals surface area contributed by atoms with Gasteiger partial charge >= 0.3 is 0 Å². The Morgan fingerprint density at radius 3 is 2.27 bits per heavy atom. The number of carbonyl (C=O) groups is 3. The number of amides is 1. The van der Waals surface area contributed by atoms with Crippen LogP contribution >= 0.6 is 27.5 Å². The maximum Gasteiger partial charge on any atom is 0.291 e. The third kappa shape index (κ3) is 3.74. The average molecular weight is 435 g/mol. The van der Waals surface area contributed by atoms with Gasteiger partial charge in [0, 0.05) is 16.0 Å². The number of likely N-dealkylation sites (tertiary alicyclic amines) is 1. The quantitative estimate of drug-likeness (QED) is 0.528. The summed E-state index contributed by atoms with van der Waals surface area (Å²) >= 11 is 9.34. The molecule has 2 atom stereocenters. The van der Waals surface area contributed by atoms with Crippen molar-refractivity contribution in [3.63, 3.8) is 0 Å². The van der Waals surface area contributed by atoms with E-state index in [1.54, 1.807) is 24.3 Å². The van der Waals surface area contributed by atoms with Crippen LogP contribution in [0.2, 0.25) is 5.02 Å². The number of rotatable bonds is 5. The molecular weight excluding hydrogens is 418 g/mol. The van der Waals surface area contributed by atoms with E-state index in [2.05, 4.69) is 15.9 Å². The number of hydrogen-bond donors (Lipinski definition) is 0. The molecule has 0 spiro atoms. The van der Waals surface area contributed by atoms with Gasteiger partial charge in [0.2, 0.25) is 5.78 Å². The highest BCUT2D eigenvalue weighted by Gasteiger charge is 2.49. The predicted octanol–water partition coefficient (Wildman–Crippen LogP) is 4.00. The van der Waals surface area contributed by atoms with Crippen LogP contribution in [-0.2, 0) is 20.8 Å².